The van der Waals surface area contributed by atoms with E-state index in [1.807, 2.05) is 26.8 Å². The number of amides is 1. The fourth-order valence-corrected chi connectivity index (χ4v) is 3.98. The number of esters is 1. The quantitative estimate of drug-likeness (QED) is 0.307. The summed E-state index contributed by atoms with van der Waals surface area (Å²) in [5, 5.41) is 0.718. The lowest BCUT2D eigenvalue weighted by molar-refractivity contribution is 0.0523. The maximum atomic E-state index is 13.4. The molecular weight excluding hydrogens is 468 g/mol. The molecule has 0 radical (unpaired) electrons. The van der Waals surface area contributed by atoms with Crippen LogP contribution in [0.1, 0.15) is 47.1 Å². The number of fused-ring (bicyclic) bond motifs is 2. The predicted octanol–water partition coefficient (Wildman–Crippen LogP) is 4.18. The lowest BCUT2D eigenvalue weighted by atomic mass is 10.1. The first-order valence-corrected chi connectivity index (χ1v) is 11.7. The van der Waals surface area contributed by atoms with Crippen LogP contribution in [-0.2, 0) is 11.3 Å². The summed E-state index contributed by atoms with van der Waals surface area (Å²) >= 11 is 5.95. The second-order valence-corrected chi connectivity index (χ2v) is 9.01. The Balaban J connectivity index is 2.15. The fourth-order valence-electron chi connectivity index (χ4n) is 3.86. The van der Waals surface area contributed by atoms with Crippen LogP contribution in [0.5, 0.6) is 0 Å². The number of halogens is 1. The van der Waals surface area contributed by atoms with Gasteiger partial charge in [-0.3, -0.25) is 14.0 Å². The standard InChI is InChI=1S/C26H25ClN4O4/c1-5-35-26(34)20-13-19-22(28-21-16(4)7-6-12-30(21)25(19)33)31(14-15(2)3)23(20)29-24(32)17-8-10-18(27)11-9-17/h6-13,15H,5,14H2,1-4H3. The van der Waals surface area contributed by atoms with Crippen LogP contribution in [0.15, 0.2) is 58.4 Å². The molecule has 0 aliphatic rings. The first-order valence-electron chi connectivity index (χ1n) is 11.3. The molecule has 0 unspecified atom stereocenters. The highest BCUT2D eigenvalue weighted by atomic mass is 35.5. The van der Waals surface area contributed by atoms with Crippen molar-refractivity contribution >= 4 is 40.2 Å². The van der Waals surface area contributed by atoms with Crippen LogP contribution in [0.3, 0.4) is 0 Å². The fraction of sp³-hybridized carbons (Fsp3) is 0.269. The number of carbonyl (C=O) groups is 2. The summed E-state index contributed by atoms with van der Waals surface area (Å²) in [5.74, 6) is -1.14. The molecule has 4 rings (SSSR count). The lowest BCUT2D eigenvalue weighted by Gasteiger charge is -2.17. The van der Waals surface area contributed by atoms with Gasteiger partial charge in [0.05, 0.1) is 12.0 Å². The van der Waals surface area contributed by atoms with Gasteiger partial charge in [-0.05, 0) is 61.7 Å². The van der Waals surface area contributed by atoms with Gasteiger partial charge in [0.25, 0.3) is 11.5 Å². The molecule has 0 fully saturated rings. The van der Waals surface area contributed by atoms with Gasteiger partial charge in [0.15, 0.2) is 5.49 Å². The van der Waals surface area contributed by atoms with Crippen molar-refractivity contribution < 1.29 is 14.3 Å². The van der Waals surface area contributed by atoms with E-state index in [0.29, 0.717) is 28.4 Å². The summed E-state index contributed by atoms with van der Waals surface area (Å²) in [7, 11) is 0. The number of hydrogen-bond acceptors (Lipinski definition) is 5. The van der Waals surface area contributed by atoms with E-state index in [4.69, 9.17) is 21.3 Å². The number of aromatic nitrogens is 3. The predicted molar refractivity (Wildman–Crippen MR) is 134 cm³/mol. The molecule has 35 heavy (non-hydrogen) atoms. The van der Waals surface area contributed by atoms with Gasteiger partial charge < -0.3 is 9.30 Å². The lowest BCUT2D eigenvalue weighted by Crippen LogP contribution is -2.34. The number of ether oxygens (including phenoxy) is 1. The van der Waals surface area contributed by atoms with Crippen LogP contribution in [0, 0.1) is 12.8 Å². The van der Waals surface area contributed by atoms with E-state index >= 15 is 0 Å². The van der Waals surface area contributed by atoms with Gasteiger partial charge in [-0.15, -0.1) is 0 Å². The van der Waals surface area contributed by atoms with Crippen LogP contribution in [0.2, 0.25) is 5.02 Å². The van der Waals surface area contributed by atoms with Crippen molar-refractivity contribution in [2.45, 2.75) is 34.2 Å². The molecule has 1 amide bonds. The monoisotopic (exact) mass is 492 g/mol. The Bertz CT molecular complexity index is 1580. The van der Waals surface area contributed by atoms with Gasteiger partial charge in [0, 0.05) is 23.3 Å². The van der Waals surface area contributed by atoms with Crippen molar-refractivity contribution in [1.29, 1.82) is 0 Å². The van der Waals surface area contributed by atoms with Crippen LogP contribution in [-0.4, -0.2) is 32.4 Å². The molecule has 0 bridgehead atoms. The Kier molecular flexibility index (Phi) is 6.84. The van der Waals surface area contributed by atoms with E-state index in [-0.39, 0.29) is 34.5 Å². The molecule has 0 spiro atoms. The smallest absolute Gasteiger partial charge is 0.341 e. The van der Waals surface area contributed by atoms with Crippen LogP contribution < -0.4 is 11.0 Å². The van der Waals surface area contributed by atoms with Gasteiger partial charge in [-0.25, -0.2) is 9.78 Å². The molecule has 0 atom stereocenters. The molecule has 0 saturated heterocycles. The molecule has 180 valence electrons. The minimum Gasteiger partial charge on any atom is -0.462 e. The summed E-state index contributed by atoms with van der Waals surface area (Å²) in [4.78, 5) is 48.6. The van der Waals surface area contributed by atoms with Crippen LogP contribution >= 0.6 is 11.6 Å². The Hall–Kier alpha value is -3.78. The molecular formula is C26H25ClN4O4. The molecule has 4 aromatic rings. The minimum absolute atomic E-state index is 0.0221. The number of nitrogens with zero attached hydrogens (tertiary/aromatic N) is 4. The highest BCUT2D eigenvalue weighted by molar-refractivity contribution is 6.30. The van der Waals surface area contributed by atoms with Crippen LogP contribution in [0.25, 0.3) is 16.7 Å². The zero-order chi connectivity index (χ0) is 25.3. The summed E-state index contributed by atoms with van der Waals surface area (Å²) in [6, 6.07) is 11.4. The summed E-state index contributed by atoms with van der Waals surface area (Å²) in [6.45, 7) is 8.01. The second-order valence-electron chi connectivity index (χ2n) is 8.57. The molecule has 0 aliphatic heterocycles. The number of aryl methyl sites for hydroxylation is 1. The van der Waals surface area contributed by atoms with E-state index in [1.165, 1.54) is 10.5 Å². The van der Waals surface area contributed by atoms with Gasteiger partial charge >= 0.3 is 5.97 Å². The first-order chi connectivity index (χ1) is 16.7. The zero-order valence-electron chi connectivity index (χ0n) is 19.9. The molecule has 0 aliphatic carbocycles. The molecule has 3 heterocycles. The molecule has 9 heteroatoms. The van der Waals surface area contributed by atoms with E-state index in [1.54, 1.807) is 48.0 Å². The highest BCUT2D eigenvalue weighted by Crippen LogP contribution is 2.16. The topological polar surface area (TPSA) is 95.0 Å². The zero-order valence-corrected chi connectivity index (χ0v) is 20.7. The Morgan fingerprint density at radius 3 is 2.51 bits per heavy atom. The van der Waals surface area contributed by atoms with Crippen molar-refractivity contribution in [3.63, 3.8) is 0 Å². The second kappa shape index (κ2) is 9.84. The Morgan fingerprint density at radius 2 is 1.86 bits per heavy atom. The molecule has 8 nitrogen and oxygen atoms in total. The van der Waals surface area contributed by atoms with Crippen molar-refractivity contribution in [1.82, 2.24) is 14.0 Å². The first kappa shape index (κ1) is 24.3. The molecule has 0 N–H and O–H groups in total. The Labute approximate surface area is 206 Å². The third-order valence-electron chi connectivity index (χ3n) is 5.45. The van der Waals surface area contributed by atoms with Crippen molar-refractivity contribution in [3.05, 3.63) is 86.2 Å². The van der Waals surface area contributed by atoms with Gasteiger partial charge in [-0.1, -0.05) is 31.5 Å². The number of benzene rings is 1. The van der Waals surface area contributed by atoms with Crippen LogP contribution in [0.4, 0.5) is 0 Å². The molecule has 3 aromatic heterocycles. The van der Waals surface area contributed by atoms with Crippen molar-refractivity contribution in [3.8, 4) is 0 Å². The third kappa shape index (κ3) is 4.74. The molecule has 1 aromatic carbocycles. The van der Waals surface area contributed by atoms with E-state index in [0.717, 1.165) is 5.56 Å². The minimum atomic E-state index is -0.677. The van der Waals surface area contributed by atoms with E-state index in [9.17, 15) is 14.4 Å². The number of hydrogen-bond donors (Lipinski definition) is 0. The average molecular weight is 493 g/mol. The summed E-state index contributed by atoms with van der Waals surface area (Å²) < 4.78 is 8.36. The van der Waals surface area contributed by atoms with Crippen molar-refractivity contribution in [2.24, 2.45) is 10.9 Å². The Morgan fingerprint density at radius 1 is 1.14 bits per heavy atom. The molecule has 0 saturated carbocycles. The van der Waals surface area contributed by atoms with Gasteiger partial charge in [0.2, 0.25) is 0 Å². The van der Waals surface area contributed by atoms with E-state index < -0.39 is 11.9 Å². The van der Waals surface area contributed by atoms with E-state index in [2.05, 4.69) is 4.99 Å². The van der Waals surface area contributed by atoms with Crippen molar-refractivity contribution in [2.75, 3.05) is 6.61 Å². The maximum Gasteiger partial charge on any atom is 0.341 e. The van der Waals surface area contributed by atoms with Gasteiger partial charge in [0.1, 0.15) is 16.9 Å². The normalized spacial score (nSPS) is 12.0. The third-order valence-corrected chi connectivity index (χ3v) is 5.70. The highest BCUT2D eigenvalue weighted by Gasteiger charge is 2.21. The van der Waals surface area contributed by atoms with Gasteiger partial charge in [-0.2, -0.15) is 4.99 Å². The number of carbonyl (C=O) groups excluding carboxylic acids is 2. The largest absolute Gasteiger partial charge is 0.462 e. The number of pyridine rings is 2. The summed E-state index contributed by atoms with van der Waals surface area (Å²) in [5.41, 5.74) is 1.74. The SMILES string of the molecule is CCOC(=O)c1cc2c(=O)n3cccc(C)c3nc2n(CC(C)C)c1=NC(=O)c1ccc(Cl)cc1. The average Bonchev–Trinajstić information content (AvgIpc) is 2.81. The maximum absolute atomic E-state index is 13.4. The summed E-state index contributed by atoms with van der Waals surface area (Å²) in [6.07, 6.45) is 1.64. The number of rotatable bonds is 5.